The summed E-state index contributed by atoms with van der Waals surface area (Å²) in [5.74, 6) is 0.722. The van der Waals surface area contributed by atoms with E-state index < -0.39 is 0 Å². The molecule has 0 aliphatic rings. The minimum atomic E-state index is 0.0917. The maximum atomic E-state index is 8.80. The van der Waals surface area contributed by atoms with Crippen LogP contribution in [0.1, 0.15) is 22.4 Å². The maximum Gasteiger partial charge on any atom is 0.233 e. The monoisotopic (exact) mass is 346 g/mol. The van der Waals surface area contributed by atoms with Gasteiger partial charge in [-0.15, -0.1) is 0 Å². The molecule has 3 rings (SSSR count). The number of rotatable bonds is 4. The van der Waals surface area contributed by atoms with Gasteiger partial charge in [0.25, 0.3) is 0 Å². The molecule has 2 heterocycles. The zero-order chi connectivity index (χ0) is 18.7. The second kappa shape index (κ2) is 7.03. The Morgan fingerprint density at radius 1 is 0.962 bits per heavy atom. The molecule has 0 bridgehead atoms. The third-order valence-electron chi connectivity index (χ3n) is 3.70. The molecule has 2 aromatic heterocycles. The van der Waals surface area contributed by atoms with Crippen LogP contribution in [0.2, 0.25) is 0 Å². The molecule has 130 valence electrons. The van der Waals surface area contributed by atoms with E-state index in [0.717, 1.165) is 16.8 Å². The molecule has 8 nitrogen and oxygen atoms in total. The summed E-state index contributed by atoms with van der Waals surface area (Å²) in [6.07, 6.45) is 1.53. The number of hydrogen-bond donors (Lipinski definition) is 3. The van der Waals surface area contributed by atoms with Crippen LogP contribution in [0.3, 0.4) is 0 Å². The van der Waals surface area contributed by atoms with E-state index in [9.17, 15) is 0 Å². The third kappa shape index (κ3) is 3.84. The molecule has 0 atom stereocenters. The van der Waals surface area contributed by atoms with Crippen molar-refractivity contribution in [3.63, 3.8) is 0 Å². The van der Waals surface area contributed by atoms with Crippen molar-refractivity contribution in [2.75, 3.05) is 16.4 Å². The lowest BCUT2D eigenvalue weighted by molar-refractivity contribution is 1.07. The summed E-state index contributed by atoms with van der Waals surface area (Å²) in [6.45, 7) is 6.10. The van der Waals surface area contributed by atoms with Crippen LogP contribution in [0, 0.1) is 32.1 Å². The molecule has 0 amide bonds. The first-order valence-electron chi connectivity index (χ1n) is 7.94. The minimum Gasteiger partial charge on any atom is -0.368 e. The van der Waals surface area contributed by atoms with Crippen molar-refractivity contribution >= 4 is 29.2 Å². The van der Waals surface area contributed by atoms with Crippen molar-refractivity contribution in [1.82, 2.24) is 19.9 Å². The van der Waals surface area contributed by atoms with Gasteiger partial charge in [-0.05, 0) is 44.0 Å². The van der Waals surface area contributed by atoms with Gasteiger partial charge in [-0.3, -0.25) is 0 Å². The Kier molecular flexibility index (Phi) is 4.62. The standard InChI is InChI=1S/C18H18N8/c1-10-6-11(2)15(12(3)7-10)23-18-25-16(20)24-17(26-18)22-14-5-4-13(8-19)21-9-14/h4-7,9H,1-3H3,(H4,20,22,23,24,25,26). The largest absolute Gasteiger partial charge is 0.368 e. The Morgan fingerprint density at radius 3 is 2.19 bits per heavy atom. The summed E-state index contributed by atoms with van der Waals surface area (Å²) in [5, 5.41) is 15.0. The van der Waals surface area contributed by atoms with Gasteiger partial charge in [0.05, 0.1) is 11.9 Å². The predicted molar refractivity (Wildman–Crippen MR) is 100 cm³/mol. The second-order valence-electron chi connectivity index (χ2n) is 5.91. The van der Waals surface area contributed by atoms with Crippen LogP contribution in [-0.2, 0) is 0 Å². The molecule has 1 aromatic carbocycles. The van der Waals surface area contributed by atoms with Crippen molar-refractivity contribution in [1.29, 1.82) is 5.26 Å². The molecule has 0 radical (unpaired) electrons. The van der Waals surface area contributed by atoms with E-state index in [2.05, 4.69) is 49.6 Å². The maximum absolute atomic E-state index is 8.80. The zero-order valence-electron chi connectivity index (χ0n) is 14.7. The number of aryl methyl sites for hydroxylation is 3. The average Bonchev–Trinajstić information content (AvgIpc) is 2.58. The number of nitrogen functional groups attached to an aromatic ring is 1. The molecule has 3 aromatic rings. The van der Waals surface area contributed by atoms with Crippen LogP contribution < -0.4 is 16.4 Å². The van der Waals surface area contributed by atoms with E-state index in [4.69, 9.17) is 11.0 Å². The lowest BCUT2D eigenvalue weighted by atomic mass is 10.1. The molecule has 26 heavy (non-hydrogen) atoms. The lowest BCUT2D eigenvalue weighted by Crippen LogP contribution is -2.08. The number of nitrogens with one attached hydrogen (secondary N) is 2. The highest BCUT2D eigenvalue weighted by atomic mass is 15.2. The fourth-order valence-corrected chi connectivity index (χ4v) is 2.66. The number of hydrogen-bond acceptors (Lipinski definition) is 8. The van der Waals surface area contributed by atoms with Gasteiger partial charge in [-0.25, -0.2) is 4.98 Å². The second-order valence-corrected chi connectivity index (χ2v) is 5.91. The number of pyridine rings is 1. The SMILES string of the molecule is Cc1cc(C)c(Nc2nc(N)nc(Nc3ccc(C#N)nc3)n2)c(C)c1. The number of nitrogens with zero attached hydrogens (tertiary/aromatic N) is 5. The molecule has 0 fully saturated rings. The van der Waals surface area contributed by atoms with Gasteiger partial charge in [0.2, 0.25) is 17.8 Å². The summed E-state index contributed by atoms with van der Waals surface area (Å²) in [5.41, 5.74) is 11.1. The van der Waals surface area contributed by atoms with Crippen molar-refractivity contribution in [2.45, 2.75) is 20.8 Å². The summed E-state index contributed by atoms with van der Waals surface area (Å²) in [7, 11) is 0. The van der Waals surface area contributed by atoms with Crippen LogP contribution in [0.4, 0.5) is 29.2 Å². The van der Waals surface area contributed by atoms with Gasteiger partial charge in [0.1, 0.15) is 11.8 Å². The molecule has 0 unspecified atom stereocenters. The van der Waals surface area contributed by atoms with E-state index in [1.165, 1.54) is 11.8 Å². The number of nitrogens with two attached hydrogens (primary N) is 1. The van der Waals surface area contributed by atoms with Crippen molar-refractivity contribution in [2.24, 2.45) is 0 Å². The van der Waals surface area contributed by atoms with E-state index in [1.807, 2.05) is 19.9 Å². The third-order valence-corrected chi connectivity index (χ3v) is 3.70. The van der Waals surface area contributed by atoms with Crippen LogP contribution in [0.5, 0.6) is 0 Å². The fraction of sp³-hybridized carbons (Fsp3) is 0.167. The Bertz CT molecular complexity index is 966. The number of anilines is 5. The Labute approximate surface area is 151 Å². The van der Waals surface area contributed by atoms with Gasteiger partial charge in [0, 0.05) is 5.69 Å². The van der Waals surface area contributed by atoms with E-state index in [-0.39, 0.29) is 11.9 Å². The Morgan fingerprint density at radius 2 is 1.62 bits per heavy atom. The van der Waals surface area contributed by atoms with Gasteiger partial charge < -0.3 is 16.4 Å². The van der Waals surface area contributed by atoms with Gasteiger partial charge in [0.15, 0.2) is 0 Å². The quantitative estimate of drug-likeness (QED) is 0.658. The molecule has 0 aliphatic heterocycles. The summed E-state index contributed by atoms with van der Waals surface area (Å²) >= 11 is 0. The smallest absolute Gasteiger partial charge is 0.233 e. The van der Waals surface area contributed by atoms with Crippen LogP contribution >= 0.6 is 0 Å². The van der Waals surface area contributed by atoms with Gasteiger partial charge in [-0.2, -0.15) is 20.2 Å². The van der Waals surface area contributed by atoms with Gasteiger partial charge >= 0.3 is 0 Å². The normalized spacial score (nSPS) is 10.2. The highest BCUT2D eigenvalue weighted by molar-refractivity contribution is 5.65. The Hall–Kier alpha value is -3.73. The number of aromatic nitrogens is 4. The fourth-order valence-electron chi connectivity index (χ4n) is 2.66. The summed E-state index contributed by atoms with van der Waals surface area (Å²) in [4.78, 5) is 16.6. The van der Waals surface area contributed by atoms with Crippen molar-refractivity contribution in [3.05, 3.63) is 52.8 Å². The molecular formula is C18H18N8. The van der Waals surface area contributed by atoms with E-state index >= 15 is 0 Å². The molecule has 8 heteroatoms. The summed E-state index contributed by atoms with van der Waals surface area (Å²) in [6, 6.07) is 9.45. The molecule has 0 saturated carbocycles. The molecule has 4 N–H and O–H groups in total. The number of nitriles is 1. The van der Waals surface area contributed by atoms with E-state index in [0.29, 0.717) is 17.3 Å². The highest BCUT2D eigenvalue weighted by Gasteiger charge is 2.09. The zero-order valence-corrected chi connectivity index (χ0v) is 14.7. The first-order chi connectivity index (χ1) is 12.4. The molecule has 0 aliphatic carbocycles. The van der Waals surface area contributed by atoms with E-state index in [1.54, 1.807) is 12.1 Å². The van der Waals surface area contributed by atoms with Crippen LogP contribution in [0.15, 0.2) is 30.5 Å². The Balaban J connectivity index is 1.87. The first-order valence-corrected chi connectivity index (χ1v) is 7.94. The predicted octanol–water partition coefficient (Wildman–Crippen LogP) is 3.13. The average molecular weight is 346 g/mol. The summed E-state index contributed by atoms with van der Waals surface area (Å²) < 4.78 is 0. The van der Waals surface area contributed by atoms with Crippen LogP contribution in [0.25, 0.3) is 0 Å². The molecular weight excluding hydrogens is 328 g/mol. The highest BCUT2D eigenvalue weighted by Crippen LogP contribution is 2.25. The lowest BCUT2D eigenvalue weighted by Gasteiger charge is -2.13. The topological polar surface area (TPSA) is 125 Å². The first kappa shape index (κ1) is 17.1. The molecule has 0 spiro atoms. The number of benzene rings is 1. The van der Waals surface area contributed by atoms with Crippen LogP contribution in [-0.4, -0.2) is 19.9 Å². The van der Waals surface area contributed by atoms with Crippen molar-refractivity contribution in [3.8, 4) is 6.07 Å². The van der Waals surface area contributed by atoms with Gasteiger partial charge in [-0.1, -0.05) is 17.7 Å². The minimum absolute atomic E-state index is 0.0917. The van der Waals surface area contributed by atoms with Crippen molar-refractivity contribution < 1.29 is 0 Å². The molecule has 0 saturated heterocycles.